The fourth-order valence-corrected chi connectivity index (χ4v) is 7.89. The predicted molar refractivity (Wildman–Crippen MR) is 191 cm³/mol. The molecule has 0 spiro atoms. The molecule has 0 nitrogen and oxygen atoms in total. The van der Waals surface area contributed by atoms with E-state index in [1.165, 1.54) is 95.9 Å². The first-order valence-electron chi connectivity index (χ1n) is 16.0. The number of hydrogen-bond donors (Lipinski definition) is 0. The Kier molecular flexibility index (Phi) is 11.8. The van der Waals surface area contributed by atoms with Crippen LogP contribution in [0.15, 0.2) is 90.0 Å². The van der Waals surface area contributed by atoms with Crippen LogP contribution in [0.2, 0.25) is 0 Å². The predicted octanol–water partition coefficient (Wildman–Crippen LogP) is 5.85. The van der Waals surface area contributed by atoms with Crippen LogP contribution in [0, 0.1) is 17.4 Å². The summed E-state index contributed by atoms with van der Waals surface area (Å²) >= 11 is 1.46. The van der Waals surface area contributed by atoms with Crippen molar-refractivity contribution in [1.29, 1.82) is 0 Å². The zero-order valence-corrected chi connectivity index (χ0v) is 33.4. The monoisotopic (exact) mass is 724 g/mol. The number of halogens is 2. The summed E-state index contributed by atoms with van der Waals surface area (Å²) in [6.07, 6.45) is 10.5. The Morgan fingerprint density at radius 3 is 1.54 bits per heavy atom. The van der Waals surface area contributed by atoms with Crippen molar-refractivity contribution in [2.75, 3.05) is 0 Å². The van der Waals surface area contributed by atoms with Crippen LogP contribution < -0.4 is 24.8 Å². The van der Waals surface area contributed by atoms with Crippen molar-refractivity contribution in [2.24, 2.45) is 11.3 Å². The first-order valence-corrected chi connectivity index (χ1v) is 17.4. The molecule has 1 atom stereocenters. The van der Waals surface area contributed by atoms with Crippen LogP contribution in [0.4, 0.5) is 0 Å². The van der Waals surface area contributed by atoms with E-state index in [4.69, 9.17) is 0 Å². The fraction of sp³-hybridized carbons (Fsp3) is 0.349. The quantitative estimate of drug-likeness (QED) is 0.216. The molecule has 4 aromatic rings. The van der Waals surface area contributed by atoms with Gasteiger partial charge >= 0.3 is 63.8 Å². The van der Waals surface area contributed by atoms with Gasteiger partial charge in [0.25, 0.3) is 0 Å². The molecule has 0 amide bonds. The van der Waals surface area contributed by atoms with Gasteiger partial charge < -0.3 is 24.8 Å². The molecule has 0 saturated carbocycles. The van der Waals surface area contributed by atoms with Crippen LogP contribution in [0.5, 0.6) is 0 Å². The Balaban J connectivity index is 0.000000229. The molecule has 0 saturated heterocycles. The molecule has 0 aliphatic heterocycles. The van der Waals surface area contributed by atoms with Gasteiger partial charge in [-0.1, -0.05) is 109 Å². The number of fused-ring (bicyclic) bond motifs is 5. The van der Waals surface area contributed by atoms with Crippen molar-refractivity contribution in [3.63, 3.8) is 0 Å². The molecule has 0 heterocycles. The molecule has 1 unspecified atom stereocenters. The summed E-state index contributed by atoms with van der Waals surface area (Å²) in [6.45, 7) is 24.9. The molecule has 0 aromatic heterocycles. The van der Waals surface area contributed by atoms with Gasteiger partial charge in [-0.25, -0.2) is 5.57 Å². The minimum absolute atomic E-state index is 0. The zero-order chi connectivity index (χ0) is 32.2. The van der Waals surface area contributed by atoms with Crippen molar-refractivity contribution < 1.29 is 49.0 Å². The van der Waals surface area contributed by atoms with Crippen LogP contribution in [0.3, 0.4) is 0 Å². The third-order valence-electron chi connectivity index (χ3n) is 9.41. The average Bonchev–Trinajstić information content (AvgIpc) is 3.62. The van der Waals surface area contributed by atoms with Gasteiger partial charge in [0.1, 0.15) is 0 Å². The Bertz CT molecular complexity index is 1790. The molecule has 0 radical (unpaired) electrons. The first-order chi connectivity index (χ1) is 20.5. The normalized spacial score (nSPS) is 18.3. The minimum atomic E-state index is 0. The van der Waals surface area contributed by atoms with Gasteiger partial charge in [-0.05, 0) is 36.1 Å². The average molecular weight is 727 g/mol. The Hall–Kier alpha value is -2.18. The SMILES string of the molecule is CC1=CC(C)(C)c2cc3[cH-]c4cc5c(cc4c3cc21)C(C)=CC5(C)C.CC1=[C-]C(C)C=C1C(C)(C)C.[Cl-].[Cl-].[Zr+2]=[CH]c1ccccc1. The molecule has 3 heteroatoms. The topological polar surface area (TPSA) is 0 Å². The van der Waals surface area contributed by atoms with E-state index < -0.39 is 0 Å². The van der Waals surface area contributed by atoms with Crippen molar-refractivity contribution >= 4 is 36.4 Å². The molecule has 3 aliphatic rings. The van der Waals surface area contributed by atoms with Gasteiger partial charge in [0.05, 0.1) is 0 Å². The van der Waals surface area contributed by atoms with Crippen molar-refractivity contribution in [3.8, 4) is 0 Å². The number of benzene rings is 3. The van der Waals surface area contributed by atoms with E-state index in [0.29, 0.717) is 11.3 Å². The molecule has 0 N–H and O–H groups in total. The van der Waals surface area contributed by atoms with Gasteiger partial charge in [-0.2, -0.15) is 11.6 Å². The molecular weight excluding hydrogens is 679 g/mol. The van der Waals surface area contributed by atoms with Crippen LogP contribution in [0.1, 0.15) is 104 Å². The van der Waals surface area contributed by atoms with Crippen molar-refractivity contribution in [3.05, 3.63) is 124 Å². The summed E-state index contributed by atoms with van der Waals surface area (Å²) in [5.41, 5.74) is 13.3. The second-order valence-corrected chi connectivity index (χ2v) is 15.9. The summed E-state index contributed by atoms with van der Waals surface area (Å²) in [5, 5.41) is 5.57. The number of rotatable bonds is 1. The van der Waals surface area contributed by atoms with Crippen LogP contribution in [0.25, 0.3) is 32.7 Å². The van der Waals surface area contributed by atoms with E-state index in [-0.39, 0.29) is 35.6 Å². The summed E-state index contributed by atoms with van der Waals surface area (Å²) in [6, 6.07) is 22.4. The molecule has 0 bridgehead atoms. The maximum atomic E-state index is 3.40. The summed E-state index contributed by atoms with van der Waals surface area (Å²) in [5.74, 6) is 0.518. The molecule has 4 aromatic carbocycles. The van der Waals surface area contributed by atoms with Gasteiger partial charge in [0, 0.05) is 10.8 Å². The molecule has 0 fully saturated rings. The molecule has 46 heavy (non-hydrogen) atoms. The van der Waals surface area contributed by atoms with E-state index >= 15 is 0 Å². The molecule has 3 aliphatic carbocycles. The summed E-state index contributed by atoms with van der Waals surface area (Å²) < 4.78 is 2.17. The number of allylic oxidation sites excluding steroid dienone is 8. The van der Waals surface area contributed by atoms with E-state index in [1.807, 2.05) is 6.07 Å². The maximum absolute atomic E-state index is 3.40. The van der Waals surface area contributed by atoms with Crippen molar-refractivity contribution in [2.45, 2.75) is 87.0 Å². The molecular formula is C43H48Cl2Zr-2. The third-order valence-corrected chi connectivity index (χ3v) is 10.2. The van der Waals surface area contributed by atoms with E-state index in [1.54, 1.807) is 0 Å². The first kappa shape index (κ1) is 38.3. The summed E-state index contributed by atoms with van der Waals surface area (Å²) in [7, 11) is 0. The van der Waals surface area contributed by atoms with Crippen LogP contribution in [-0.2, 0) is 35.1 Å². The van der Waals surface area contributed by atoms with E-state index in [2.05, 4.69) is 159 Å². The van der Waals surface area contributed by atoms with Crippen molar-refractivity contribution in [1.82, 2.24) is 0 Å². The van der Waals surface area contributed by atoms with E-state index in [9.17, 15) is 0 Å². The number of hydrogen-bond acceptors (Lipinski definition) is 0. The fourth-order valence-electron chi connectivity index (χ4n) is 7.42. The molecule has 240 valence electrons. The standard InChI is InChI=1S/C25H25.C11H17.C7H6.2ClH.Zr/c1-14-12-24(3,4)22-8-16-7-17-9-23-19(15(2)13-25(23,5)6)11-21(17)20(16)10-18(14)22;1-8-6-9(2)10(7-8)11(3,4)5;1-7-5-3-2-4-6-7;;;/h7-13H,1-6H3;7-8H,1-5H3;1-6H;2*1H;/q2*-1;;;;+2/p-2. The van der Waals surface area contributed by atoms with Gasteiger partial charge in [-0.15, -0.1) is 39.7 Å². The van der Waals surface area contributed by atoms with Crippen LogP contribution in [-0.4, -0.2) is 3.71 Å². The van der Waals surface area contributed by atoms with Crippen LogP contribution >= 0.6 is 0 Å². The van der Waals surface area contributed by atoms with E-state index in [0.717, 1.165) is 0 Å². The second kappa shape index (κ2) is 14.1. The Labute approximate surface area is 305 Å². The third kappa shape index (κ3) is 7.59. The Morgan fingerprint density at radius 2 is 1.22 bits per heavy atom. The molecule has 7 rings (SSSR count). The zero-order valence-electron chi connectivity index (χ0n) is 29.4. The second-order valence-electron chi connectivity index (χ2n) is 15.2. The van der Waals surface area contributed by atoms with Gasteiger partial charge in [0.2, 0.25) is 0 Å². The Morgan fingerprint density at radius 1 is 0.761 bits per heavy atom. The summed E-state index contributed by atoms with van der Waals surface area (Å²) in [4.78, 5) is 0. The van der Waals surface area contributed by atoms with Gasteiger partial charge in [-0.3, -0.25) is 6.08 Å². The van der Waals surface area contributed by atoms with Gasteiger partial charge in [0.15, 0.2) is 0 Å².